The molecule has 0 N–H and O–H groups in total. The largest absolute Gasteiger partial charge is 0.291 e. The van der Waals surface area contributed by atoms with Crippen molar-refractivity contribution in [2.75, 3.05) is 5.88 Å². The highest BCUT2D eigenvalue weighted by Crippen LogP contribution is 2.10. The first-order valence-electron chi connectivity index (χ1n) is 3.37. The van der Waals surface area contributed by atoms with E-state index in [0.29, 0.717) is 10.8 Å². The summed E-state index contributed by atoms with van der Waals surface area (Å²) in [6.45, 7) is 1.85. The molecule has 0 saturated heterocycles. The van der Waals surface area contributed by atoms with Gasteiger partial charge in [-0.3, -0.25) is 4.79 Å². The molecule has 0 spiro atoms. The summed E-state index contributed by atoms with van der Waals surface area (Å²) in [5.41, 5.74) is 1.23. The summed E-state index contributed by atoms with van der Waals surface area (Å²) in [5.74, 6) is -0.269. The van der Waals surface area contributed by atoms with Crippen LogP contribution in [0.4, 0.5) is 0 Å². The third-order valence-electron chi connectivity index (χ3n) is 1.35. The average molecular weight is 204 g/mol. The summed E-state index contributed by atoms with van der Waals surface area (Å²) >= 11 is 11.0. The Morgan fingerprint density at radius 2 is 2.25 bits per heavy atom. The van der Waals surface area contributed by atoms with E-state index in [9.17, 15) is 4.79 Å². The van der Waals surface area contributed by atoms with Gasteiger partial charge in [0.2, 0.25) is 0 Å². The lowest BCUT2D eigenvalue weighted by Gasteiger charge is -1.98. The molecule has 0 unspecified atom stereocenters. The van der Waals surface area contributed by atoms with Crippen molar-refractivity contribution in [1.29, 1.82) is 0 Å². The molecule has 0 aliphatic carbocycles. The smallest absolute Gasteiger partial charge is 0.195 e. The van der Waals surface area contributed by atoms with Gasteiger partial charge < -0.3 is 0 Å². The first-order valence-corrected chi connectivity index (χ1v) is 4.28. The summed E-state index contributed by atoms with van der Waals surface area (Å²) in [6.07, 6.45) is 0. The van der Waals surface area contributed by atoms with Crippen molar-refractivity contribution in [2.45, 2.75) is 6.92 Å². The topological polar surface area (TPSA) is 30.0 Å². The van der Waals surface area contributed by atoms with E-state index in [4.69, 9.17) is 23.2 Å². The van der Waals surface area contributed by atoms with Gasteiger partial charge in [0.25, 0.3) is 0 Å². The van der Waals surface area contributed by atoms with Crippen molar-refractivity contribution >= 4 is 29.0 Å². The molecule has 2 nitrogen and oxygen atoms in total. The molecular formula is C8H7Cl2NO. The molecule has 0 bridgehead atoms. The van der Waals surface area contributed by atoms with Gasteiger partial charge in [0, 0.05) is 0 Å². The maximum Gasteiger partial charge on any atom is 0.195 e. The van der Waals surface area contributed by atoms with Crippen LogP contribution in [0.5, 0.6) is 0 Å². The number of rotatable bonds is 2. The molecule has 0 atom stereocenters. The predicted octanol–water partition coefficient (Wildman–Crippen LogP) is 2.46. The number of hydrogen-bond donors (Lipinski definition) is 0. The van der Waals surface area contributed by atoms with Crippen LogP contribution in [0.2, 0.25) is 5.15 Å². The Kier molecular flexibility index (Phi) is 3.06. The van der Waals surface area contributed by atoms with Gasteiger partial charge in [-0.15, -0.1) is 11.6 Å². The Bertz CT molecular complexity index is 292. The zero-order valence-electron chi connectivity index (χ0n) is 6.47. The number of halogens is 2. The Hall–Kier alpha value is -0.600. The molecule has 1 heterocycles. The summed E-state index contributed by atoms with van der Waals surface area (Å²) in [7, 11) is 0. The summed E-state index contributed by atoms with van der Waals surface area (Å²) in [6, 6.07) is 3.35. The van der Waals surface area contributed by atoms with Gasteiger partial charge in [0.15, 0.2) is 5.78 Å². The molecule has 0 aliphatic heterocycles. The lowest BCUT2D eigenvalue weighted by molar-refractivity contribution is 0.101. The number of pyridine rings is 1. The molecule has 4 heteroatoms. The van der Waals surface area contributed by atoms with Crippen LogP contribution in [-0.4, -0.2) is 16.6 Å². The second kappa shape index (κ2) is 3.87. The fourth-order valence-electron chi connectivity index (χ4n) is 0.836. The second-order valence-electron chi connectivity index (χ2n) is 2.41. The average Bonchev–Trinajstić information content (AvgIpc) is 2.01. The number of carbonyl (C=O) groups is 1. The van der Waals surface area contributed by atoms with Crippen molar-refractivity contribution in [1.82, 2.24) is 4.98 Å². The van der Waals surface area contributed by atoms with Crippen molar-refractivity contribution < 1.29 is 4.79 Å². The van der Waals surface area contributed by atoms with Crippen LogP contribution in [-0.2, 0) is 0 Å². The first kappa shape index (κ1) is 9.49. The third kappa shape index (κ3) is 2.19. The molecule has 0 radical (unpaired) electrons. The number of Topliss-reactive ketones (excluding diaryl/α,β-unsaturated/α-hetero) is 1. The molecule has 64 valence electrons. The van der Waals surface area contributed by atoms with Crippen molar-refractivity contribution in [3.63, 3.8) is 0 Å². The van der Waals surface area contributed by atoms with Crippen LogP contribution in [0.3, 0.4) is 0 Å². The maximum atomic E-state index is 11.1. The number of ketones is 1. The molecular weight excluding hydrogens is 197 g/mol. The van der Waals surface area contributed by atoms with Crippen LogP contribution in [0.1, 0.15) is 16.1 Å². The highest BCUT2D eigenvalue weighted by molar-refractivity contribution is 6.31. The van der Waals surface area contributed by atoms with Gasteiger partial charge in [0.05, 0.1) is 5.88 Å². The summed E-state index contributed by atoms with van der Waals surface area (Å²) in [4.78, 5) is 14.9. The van der Waals surface area contributed by atoms with E-state index in [-0.39, 0.29) is 11.7 Å². The van der Waals surface area contributed by atoms with Crippen LogP contribution in [0.25, 0.3) is 0 Å². The Morgan fingerprint density at radius 1 is 1.58 bits per heavy atom. The zero-order chi connectivity index (χ0) is 9.14. The minimum Gasteiger partial charge on any atom is -0.291 e. The van der Waals surface area contributed by atoms with E-state index in [1.165, 1.54) is 0 Å². The molecule has 0 saturated carbocycles. The van der Waals surface area contributed by atoms with E-state index in [2.05, 4.69) is 4.98 Å². The number of aryl methyl sites for hydroxylation is 1. The van der Waals surface area contributed by atoms with E-state index in [1.807, 2.05) is 6.92 Å². The van der Waals surface area contributed by atoms with E-state index in [1.54, 1.807) is 12.1 Å². The van der Waals surface area contributed by atoms with Gasteiger partial charge in [-0.25, -0.2) is 4.98 Å². The fraction of sp³-hybridized carbons (Fsp3) is 0.250. The Labute approximate surface area is 80.5 Å². The Balaban J connectivity index is 3.08. The molecule has 0 aliphatic rings. The molecule has 1 rings (SSSR count). The Morgan fingerprint density at radius 3 is 2.75 bits per heavy atom. The summed E-state index contributed by atoms with van der Waals surface area (Å²) in [5, 5.41) is 0.323. The standard InChI is InChI=1S/C8H7Cl2NO/c1-5-2-6(7(12)4-9)11-8(10)3-5/h2-3H,4H2,1H3. The van der Waals surface area contributed by atoms with Crippen LogP contribution >= 0.6 is 23.2 Å². The molecule has 1 aromatic heterocycles. The van der Waals surface area contributed by atoms with E-state index >= 15 is 0 Å². The van der Waals surface area contributed by atoms with Crippen LogP contribution in [0.15, 0.2) is 12.1 Å². The third-order valence-corrected chi connectivity index (χ3v) is 1.78. The fourth-order valence-corrected chi connectivity index (χ4v) is 1.24. The molecule has 1 aromatic rings. The first-order chi connectivity index (χ1) is 5.63. The number of aromatic nitrogens is 1. The van der Waals surface area contributed by atoms with Gasteiger partial charge in [-0.2, -0.15) is 0 Å². The highest BCUT2D eigenvalue weighted by Gasteiger charge is 2.06. The summed E-state index contributed by atoms with van der Waals surface area (Å²) < 4.78 is 0. The second-order valence-corrected chi connectivity index (χ2v) is 3.06. The van der Waals surface area contributed by atoms with Crippen molar-refractivity contribution in [3.8, 4) is 0 Å². The lowest BCUT2D eigenvalue weighted by atomic mass is 10.2. The van der Waals surface area contributed by atoms with Gasteiger partial charge in [-0.1, -0.05) is 11.6 Å². The molecule has 0 fully saturated rings. The quantitative estimate of drug-likeness (QED) is 0.420. The minimum atomic E-state index is -0.206. The van der Waals surface area contributed by atoms with Crippen molar-refractivity contribution in [3.05, 3.63) is 28.5 Å². The maximum absolute atomic E-state index is 11.1. The van der Waals surface area contributed by atoms with E-state index in [0.717, 1.165) is 5.56 Å². The van der Waals surface area contributed by atoms with Gasteiger partial charge >= 0.3 is 0 Å². The molecule has 0 amide bonds. The molecule has 0 aromatic carbocycles. The minimum absolute atomic E-state index is 0.0627. The predicted molar refractivity (Wildman–Crippen MR) is 49.0 cm³/mol. The van der Waals surface area contributed by atoms with Gasteiger partial charge in [-0.05, 0) is 24.6 Å². The molecule has 12 heavy (non-hydrogen) atoms. The number of carbonyl (C=O) groups excluding carboxylic acids is 1. The highest BCUT2D eigenvalue weighted by atomic mass is 35.5. The SMILES string of the molecule is Cc1cc(Cl)nc(C(=O)CCl)c1. The van der Waals surface area contributed by atoms with Crippen LogP contribution < -0.4 is 0 Å². The normalized spacial score (nSPS) is 9.92. The monoisotopic (exact) mass is 203 g/mol. The van der Waals surface area contributed by atoms with Crippen LogP contribution in [0, 0.1) is 6.92 Å². The van der Waals surface area contributed by atoms with E-state index < -0.39 is 0 Å². The number of alkyl halides is 1. The lowest BCUT2D eigenvalue weighted by Crippen LogP contribution is -2.03. The number of nitrogens with zero attached hydrogens (tertiary/aromatic N) is 1. The zero-order valence-corrected chi connectivity index (χ0v) is 7.99. The number of hydrogen-bond acceptors (Lipinski definition) is 2. The van der Waals surface area contributed by atoms with Crippen molar-refractivity contribution in [2.24, 2.45) is 0 Å². The van der Waals surface area contributed by atoms with Gasteiger partial charge in [0.1, 0.15) is 10.8 Å².